The van der Waals surface area contributed by atoms with Gasteiger partial charge in [0.1, 0.15) is 10.6 Å². The number of hydrogen-bond acceptors (Lipinski definition) is 2. The maximum Gasteiger partial charge on any atom is 0.207 e. The van der Waals surface area contributed by atoms with Gasteiger partial charge in [0.25, 0.3) is 0 Å². The molecule has 0 bridgehead atoms. The van der Waals surface area contributed by atoms with Crippen molar-refractivity contribution in [1.29, 1.82) is 0 Å². The van der Waals surface area contributed by atoms with Crippen molar-refractivity contribution in [3.63, 3.8) is 0 Å². The molecule has 3 heteroatoms. The summed E-state index contributed by atoms with van der Waals surface area (Å²) in [6.45, 7) is 4.16. The predicted molar refractivity (Wildman–Crippen MR) is 89.2 cm³/mol. The quantitative estimate of drug-likeness (QED) is 0.813. The van der Waals surface area contributed by atoms with Crippen molar-refractivity contribution in [2.75, 3.05) is 13.8 Å². The summed E-state index contributed by atoms with van der Waals surface area (Å²) in [7, 11) is -0.228. The Bertz CT molecular complexity index is 681. The zero-order valence-electron chi connectivity index (χ0n) is 12.7. The van der Waals surface area contributed by atoms with E-state index in [-0.39, 0.29) is 11.7 Å². The topological polar surface area (TPSA) is 26.3 Å². The van der Waals surface area contributed by atoms with E-state index in [2.05, 4.69) is 37.0 Å². The van der Waals surface area contributed by atoms with Crippen LogP contribution in [0.15, 0.2) is 48.5 Å². The molecule has 0 radical (unpaired) electrons. The summed E-state index contributed by atoms with van der Waals surface area (Å²) in [4.78, 5) is 12.6. The molecule has 0 aromatic heterocycles. The summed E-state index contributed by atoms with van der Waals surface area (Å²) in [5.41, 5.74) is 2.08. The first-order valence-corrected chi connectivity index (χ1v) is 9.38. The second-order valence-electron chi connectivity index (χ2n) is 5.72. The van der Waals surface area contributed by atoms with E-state index >= 15 is 0 Å². The molecule has 108 valence electrons. The van der Waals surface area contributed by atoms with Crippen LogP contribution in [0.4, 0.5) is 0 Å². The van der Waals surface area contributed by atoms with Gasteiger partial charge in [0.2, 0.25) is 7.49 Å². The molecular formula is C18H20O2P+. The molecule has 0 saturated carbocycles. The van der Waals surface area contributed by atoms with E-state index in [9.17, 15) is 4.79 Å². The molecule has 2 nitrogen and oxygen atoms in total. The molecule has 0 fully saturated rings. The summed E-state index contributed by atoms with van der Waals surface area (Å²) in [5, 5.41) is 2.26. The molecule has 2 aromatic rings. The SMILES string of the molecule is CO[P+](C)(c1ccccc1)c1cccc2c1C(=O)C(C)C2. The van der Waals surface area contributed by atoms with Crippen molar-refractivity contribution < 1.29 is 9.32 Å². The van der Waals surface area contributed by atoms with Crippen LogP contribution in [0.3, 0.4) is 0 Å². The van der Waals surface area contributed by atoms with E-state index in [1.54, 1.807) is 7.11 Å². The predicted octanol–water partition coefficient (Wildman–Crippen LogP) is 3.22. The van der Waals surface area contributed by atoms with Crippen LogP contribution in [0.5, 0.6) is 0 Å². The Kier molecular flexibility index (Phi) is 3.69. The molecule has 1 aliphatic carbocycles. The zero-order chi connectivity index (χ0) is 15.0. The van der Waals surface area contributed by atoms with Crippen LogP contribution in [-0.4, -0.2) is 19.6 Å². The van der Waals surface area contributed by atoms with Crippen LogP contribution >= 0.6 is 7.49 Å². The normalized spacial score (nSPS) is 20.1. The fourth-order valence-corrected chi connectivity index (χ4v) is 5.60. The van der Waals surface area contributed by atoms with Gasteiger partial charge in [0.05, 0.1) is 19.3 Å². The average Bonchev–Trinajstić information content (AvgIpc) is 2.82. The van der Waals surface area contributed by atoms with Gasteiger partial charge in [-0.15, -0.1) is 0 Å². The van der Waals surface area contributed by atoms with Crippen molar-refractivity contribution in [2.45, 2.75) is 13.3 Å². The van der Waals surface area contributed by atoms with Gasteiger partial charge in [0.15, 0.2) is 5.78 Å². The van der Waals surface area contributed by atoms with Crippen LogP contribution in [0.2, 0.25) is 0 Å². The van der Waals surface area contributed by atoms with Crippen molar-refractivity contribution in [1.82, 2.24) is 0 Å². The first kappa shape index (κ1) is 14.4. The number of Topliss-reactive ketones (excluding diaryl/α,β-unsaturated/α-hetero) is 1. The van der Waals surface area contributed by atoms with Gasteiger partial charge in [-0.2, -0.15) is 0 Å². The van der Waals surface area contributed by atoms with E-state index < -0.39 is 7.49 Å². The first-order valence-electron chi connectivity index (χ1n) is 7.22. The Balaban J connectivity index is 2.21. The van der Waals surface area contributed by atoms with Gasteiger partial charge in [0, 0.05) is 5.92 Å². The van der Waals surface area contributed by atoms with E-state index in [1.807, 2.05) is 25.1 Å². The molecule has 2 atom stereocenters. The number of ketones is 1. The van der Waals surface area contributed by atoms with Crippen molar-refractivity contribution >= 4 is 23.9 Å². The molecule has 1 aliphatic rings. The smallest absolute Gasteiger partial charge is 0.207 e. The molecule has 21 heavy (non-hydrogen) atoms. The van der Waals surface area contributed by atoms with Gasteiger partial charge in [-0.1, -0.05) is 37.3 Å². The highest BCUT2D eigenvalue weighted by molar-refractivity contribution is 7.84. The molecule has 0 amide bonds. The molecule has 0 spiro atoms. The Hall–Kier alpha value is -1.50. The van der Waals surface area contributed by atoms with E-state index in [4.69, 9.17) is 4.52 Å². The highest BCUT2D eigenvalue weighted by atomic mass is 31.2. The summed E-state index contributed by atoms with van der Waals surface area (Å²) >= 11 is 0. The fourth-order valence-electron chi connectivity index (χ4n) is 3.12. The molecule has 3 rings (SSSR count). The van der Waals surface area contributed by atoms with Gasteiger partial charge in [-0.3, -0.25) is 4.79 Å². The minimum Gasteiger partial charge on any atom is -0.294 e. The van der Waals surface area contributed by atoms with Gasteiger partial charge < -0.3 is 0 Å². The van der Waals surface area contributed by atoms with Gasteiger partial charge in [-0.25, -0.2) is 4.52 Å². The van der Waals surface area contributed by atoms with Crippen LogP contribution < -0.4 is 10.6 Å². The lowest BCUT2D eigenvalue weighted by atomic mass is 10.1. The van der Waals surface area contributed by atoms with Gasteiger partial charge in [-0.05, 0) is 30.2 Å². The monoisotopic (exact) mass is 299 g/mol. The Morgan fingerprint density at radius 1 is 1.10 bits per heavy atom. The molecular weight excluding hydrogens is 279 g/mol. The second kappa shape index (κ2) is 5.36. The summed E-state index contributed by atoms with van der Waals surface area (Å²) in [5.74, 6) is 0.349. The minimum absolute atomic E-state index is 0.0854. The zero-order valence-corrected chi connectivity index (χ0v) is 13.6. The average molecular weight is 299 g/mol. The maximum absolute atomic E-state index is 12.6. The molecule has 2 unspecified atom stereocenters. The first-order chi connectivity index (χ1) is 10.1. The number of carbonyl (C=O) groups is 1. The van der Waals surface area contributed by atoms with E-state index in [1.165, 1.54) is 10.9 Å². The number of hydrogen-bond donors (Lipinski definition) is 0. The second-order valence-corrected chi connectivity index (χ2v) is 8.93. The molecule has 0 N–H and O–H groups in total. The van der Waals surface area contributed by atoms with E-state index in [0.717, 1.165) is 17.3 Å². The number of benzene rings is 2. The largest absolute Gasteiger partial charge is 0.294 e. The number of carbonyl (C=O) groups excluding carboxylic acids is 1. The highest BCUT2D eigenvalue weighted by Crippen LogP contribution is 2.54. The lowest BCUT2D eigenvalue weighted by molar-refractivity contribution is 0.0947. The third-order valence-electron chi connectivity index (χ3n) is 4.42. The molecule has 2 aromatic carbocycles. The maximum atomic E-state index is 12.6. The lowest BCUT2D eigenvalue weighted by Crippen LogP contribution is -2.27. The third-order valence-corrected chi connectivity index (χ3v) is 7.73. The van der Waals surface area contributed by atoms with Crippen LogP contribution in [0.1, 0.15) is 22.8 Å². The molecule has 0 aliphatic heterocycles. The van der Waals surface area contributed by atoms with Crippen LogP contribution in [0, 0.1) is 5.92 Å². The number of rotatable bonds is 3. The summed E-state index contributed by atoms with van der Waals surface area (Å²) in [6, 6.07) is 16.5. The Morgan fingerprint density at radius 2 is 1.81 bits per heavy atom. The number of fused-ring (bicyclic) bond motifs is 1. The van der Waals surface area contributed by atoms with Crippen molar-refractivity contribution in [3.8, 4) is 0 Å². The highest BCUT2D eigenvalue weighted by Gasteiger charge is 2.44. The summed E-state index contributed by atoms with van der Waals surface area (Å²) in [6.07, 6.45) is 0.848. The third kappa shape index (κ3) is 2.23. The van der Waals surface area contributed by atoms with Crippen molar-refractivity contribution in [2.24, 2.45) is 5.92 Å². The fraction of sp³-hybridized carbons (Fsp3) is 0.278. The van der Waals surface area contributed by atoms with E-state index in [0.29, 0.717) is 0 Å². The lowest BCUT2D eigenvalue weighted by Gasteiger charge is -2.21. The molecule has 0 heterocycles. The molecule has 0 saturated heterocycles. The van der Waals surface area contributed by atoms with Crippen LogP contribution in [0.25, 0.3) is 0 Å². The van der Waals surface area contributed by atoms with Gasteiger partial charge >= 0.3 is 0 Å². The minimum atomic E-state index is -1.98. The van der Waals surface area contributed by atoms with Crippen molar-refractivity contribution in [3.05, 3.63) is 59.7 Å². The van der Waals surface area contributed by atoms with Crippen LogP contribution in [-0.2, 0) is 10.9 Å². The standard InChI is InChI=1S/C18H20O2P/c1-13-12-14-8-7-11-16(17(14)18(13)19)21(3,20-2)15-9-5-4-6-10-15/h4-11,13H,12H2,1-3H3/q+1. The summed E-state index contributed by atoms with van der Waals surface area (Å²) < 4.78 is 5.98. The Labute approximate surface area is 126 Å². The Morgan fingerprint density at radius 3 is 2.48 bits per heavy atom.